The van der Waals surface area contributed by atoms with Crippen LogP contribution in [0.2, 0.25) is 5.02 Å². The van der Waals surface area contributed by atoms with Crippen molar-refractivity contribution in [1.82, 2.24) is 9.29 Å². The quantitative estimate of drug-likeness (QED) is 0.573. The molecular formula is C20H18ClFN2O3S. The topological polar surface area (TPSA) is 71.3 Å². The van der Waals surface area contributed by atoms with Crippen molar-refractivity contribution >= 4 is 22.9 Å². The van der Waals surface area contributed by atoms with Crippen LogP contribution >= 0.6 is 11.6 Å². The summed E-state index contributed by atoms with van der Waals surface area (Å²) in [5.74, 6) is -0.452. The van der Waals surface area contributed by atoms with Gasteiger partial charge in [-0.3, -0.25) is 9.35 Å². The summed E-state index contributed by atoms with van der Waals surface area (Å²) in [6, 6.07) is 15.2. The van der Waals surface area contributed by atoms with Crippen LogP contribution in [0.25, 0.3) is 11.1 Å². The Bertz CT molecular complexity index is 1050. The van der Waals surface area contributed by atoms with Gasteiger partial charge in [0.1, 0.15) is 5.82 Å². The van der Waals surface area contributed by atoms with Gasteiger partial charge < -0.3 is 4.57 Å². The minimum atomic E-state index is -2.01. The van der Waals surface area contributed by atoms with E-state index < -0.39 is 17.1 Å². The van der Waals surface area contributed by atoms with Crippen molar-refractivity contribution in [2.45, 2.75) is 13.0 Å². The third-order valence-electron chi connectivity index (χ3n) is 4.27. The molecule has 0 aliphatic heterocycles. The number of nitrogens with one attached hydrogen (secondary N) is 1. The molecule has 3 aromatic rings. The molecule has 2 aromatic carbocycles. The van der Waals surface area contributed by atoms with E-state index in [1.54, 1.807) is 24.4 Å². The Hall–Kier alpha value is -2.32. The first-order chi connectivity index (χ1) is 13.4. The number of nitrogens with zero attached hydrogens (tertiary/aromatic N) is 1. The highest BCUT2D eigenvalue weighted by molar-refractivity contribution is 7.77. The van der Waals surface area contributed by atoms with E-state index >= 15 is 0 Å². The molecule has 1 heterocycles. The SMILES string of the molecule is O=c1ccc(-c2ccc(CCNS(=O)O)cc2)cn1Cc1ccc(Cl)cc1F. The number of halogens is 2. The van der Waals surface area contributed by atoms with Crippen molar-refractivity contribution in [3.05, 3.63) is 93.1 Å². The van der Waals surface area contributed by atoms with E-state index in [0.717, 1.165) is 16.7 Å². The molecule has 1 unspecified atom stereocenters. The van der Waals surface area contributed by atoms with E-state index in [9.17, 15) is 13.4 Å². The standard InChI is InChI=1S/C20H18ClFN2O3S/c21-18-7-5-17(19(22)11-18)13-24-12-16(6-8-20(24)25)15-3-1-14(2-4-15)9-10-23-28(26)27/h1-8,11-12,23H,9-10,13H2,(H,26,27). The van der Waals surface area contributed by atoms with Gasteiger partial charge in [0.2, 0.25) is 11.3 Å². The van der Waals surface area contributed by atoms with Crippen LogP contribution in [0, 0.1) is 5.82 Å². The van der Waals surface area contributed by atoms with E-state index in [1.807, 2.05) is 24.3 Å². The van der Waals surface area contributed by atoms with Gasteiger partial charge in [-0.2, -0.15) is 0 Å². The van der Waals surface area contributed by atoms with Crippen molar-refractivity contribution < 1.29 is 13.2 Å². The Labute approximate surface area is 169 Å². The summed E-state index contributed by atoms with van der Waals surface area (Å²) < 4.78 is 37.2. The third kappa shape index (κ3) is 5.36. The molecule has 0 aliphatic carbocycles. The van der Waals surface area contributed by atoms with Crippen molar-refractivity contribution in [3.63, 3.8) is 0 Å². The Morgan fingerprint density at radius 3 is 2.46 bits per heavy atom. The van der Waals surface area contributed by atoms with E-state index in [4.69, 9.17) is 16.2 Å². The highest BCUT2D eigenvalue weighted by Crippen LogP contribution is 2.20. The zero-order chi connectivity index (χ0) is 20.1. The lowest BCUT2D eigenvalue weighted by Crippen LogP contribution is -2.19. The molecule has 0 amide bonds. The molecule has 0 saturated carbocycles. The van der Waals surface area contributed by atoms with Crippen LogP contribution < -0.4 is 10.3 Å². The minimum Gasteiger partial charge on any atom is -0.310 e. The molecule has 0 spiro atoms. The second-order valence-electron chi connectivity index (χ2n) is 6.21. The highest BCUT2D eigenvalue weighted by atomic mass is 35.5. The maximum atomic E-state index is 14.0. The van der Waals surface area contributed by atoms with Crippen LogP contribution in [0.5, 0.6) is 0 Å². The van der Waals surface area contributed by atoms with E-state index in [1.165, 1.54) is 16.7 Å². The molecule has 0 bridgehead atoms. The average molecular weight is 421 g/mol. The highest BCUT2D eigenvalue weighted by Gasteiger charge is 2.07. The molecule has 0 aliphatic rings. The van der Waals surface area contributed by atoms with Crippen molar-refractivity contribution in [3.8, 4) is 11.1 Å². The summed E-state index contributed by atoms with van der Waals surface area (Å²) in [5.41, 5.74) is 2.91. The lowest BCUT2D eigenvalue weighted by Gasteiger charge is -2.10. The molecule has 0 saturated heterocycles. The molecule has 1 atom stereocenters. The van der Waals surface area contributed by atoms with Gasteiger partial charge in [0.25, 0.3) is 5.56 Å². The monoisotopic (exact) mass is 420 g/mol. The van der Waals surface area contributed by atoms with Crippen LogP contribution in [0.4, 0.5) is 4.39 Å². The smallest absolute Gasteiger partial charge is 0.250 e. The van der Waals surface area contributed by atoms with Crippen LogP contribution in [-0.2, 0) is 24.2 Å². The number of pyridine rings is 1. The molecule has 146 valence electrons. The first-order valence-corrected chi connectivity index (χ1v) is 9.99. The molecule has 2 N–H and O–H groups in total. The largest absolute Gasteiger partial charge is 0.310 e. The number of rotatable bonds is 7. The molecule has 8 heteroatoms. The van der Waals surface area contributed by atoms with Crippen molar-refractivity contribution in [1.29, 1.82) is 0 Å². The second kappa shape index (κ2) is 9.25. The lowest BCUT2D eigenvalue weighted by atomic mass is 10.0. The predicted molar refractivity (Wildman–Crippen MR) is 109 cm³/mol. The van der Waals surface area contributed by atoms with Gasteiger partial charge >= 0.3 is 0 Å². The fourth-order valence-corrected chi connectivity index (χ4v) is 3.24. The number of benzene rings is 2. The van der Waals surface area contributed by atoms with Gasteiger partial charge in [-0.05, 0) is 41.3 Å². The predicted octanol–water partition coefficient (Wildman–Crippen LogP) is 3.62. The fraction of sp³-hybridized carbons (Fsp3) is 0.150. The maximum absolute atomic E-state index is 14.0. The summed E-state index contributed by atoms with van der Waals surface area (Å²) >= 11 is 3.76. The average Bonchev–Trinajstić information content (AvgIpc) is 2.66. The van der Waals surface area contributed by atoms with Crippen LogP contribution in [0.1, 0.15) is 11.1 Å². The van der Waals surface area contributed by atoms with Gasteiger partial charge in [0, 0.05) is 29.4 Å². The van der Waals surface area contributed by atoms with Crippen LogP contribution in [0.3, 0.4) is 0 Å². The Balaban J connectivity index is 1.79. The van der Waals surface area contributed by atoms with Gasteiger partial charge in [0.05, 0.1) is 6.54 Å². The first-order valence-electron chi connectivity index (χ1n) is 8.50. The van der Waals surface area contributed by atoms with E-state index in [2.05, 4.69) is 4.72 Å². The Morgan fingerprint density at radius 1 is 1.07 bits per heavy atom. The van der Waals surface area contributed by atoms with E-state index in [0.29, 0.717) is 23.6 Å². The van der Waals surface area contributed by atoms with Crippen LogP contribution in [0.15, 0.2) is 65.6 Å². The Morgan fingerprint density at radius 2 is 1.79 bits per heavy atom. The molecule has 28 heavy (non-hydrogen) atoms. The van der Waals surface area contributed by atoms with Crippen molar-refractivity contribution in [2.24, 2.45) is 0 Å². The summed E-state index contributed by atoms with van der Waals surface area (Å²) in [7, 11) is 0. The molecule has 3 rings (SSSR count). The molecule has 1 aromatic heterocycles. The van der Waals surface area contributed by atoms with Gasteiger partial charge in [-0.15, -0.1) is 0 Å². The van der Waals surface area contributed by atoms with Gasteiger partial charge in [-0.25, -0.2) is 13.3 Å². The second-order valence-corrected chi connectivity index (χ2v) is 7.43. The zero-order valence-corrected chi connectivity index (χ0v) is 16.3. The third-order valence-corrected chi connectivity index (χ3v) is 4.95. The van der Waals surface area contributed by atoms with Crippen molar-refractivity contribution in [2.75, 3.05) is 6.54 Å². The number of aromatic nitrogens is 1. The molecule has 0 fully saturated rings. The summed E-state index contributed by atoms with van der Waals surface area (Å²) in [6.07, 6.45) is 2.31. The van der Waals surface area contributed by atoms with E-state index in [-0.39, 0.29) is 12.1 Å². The van der Waals surface area contributed by atoms with Gasteiger partial charge in [-0.1, -0.05) is 41.9 Å². The number of hydrogen-bond donors (Lipinski definition) is 2. The molecular weight excluding hydrogens is 403 g/mol. The summed E-state index contributed by atoms with van der Waals surface area (Å²) in [5, 5.41) is 0.308. The molecule has 5 nitrogen and oxygen atoms in total. The normalized spacial score (nSPS) is 12.1. The Kier molecular flexibility index (Phi) is 6.74. The first kappa shape index (κ1) is 20.4. The lowest BCUT2D eigenvalue weighted by molar-refractivity contribution is 0.549. The zero-order valence-electron chi connectivity index (χ0n) is 14.8. The minimum absolute atomic E-state index is 0.109. The number of hydrogen-bond acceptors (Lipinski definition) is 2. The fourth-order valence-electron chi connectivity index (χ4n) is 2.81. The maximum Gasteiger partial charge on any atom is 0.250 e. The van der Waals surface area contributed by atoms with Gasteiger partial charge in [0.15, 0.2) is 0 Å². The molecule has 0 radical (unpaired) electrons. The summed E-state index contributed by atoms with van der Waals surface area (Å²) in [4.78, 5) is 12.2. The summed E-state index contributed by atoms with van der Waals surface area (Å²) in [6.45, 7) is 0.498. The van der Waals surface area contributed by atoms with Crippen LogP contribution in [-0.4, -0.2) is 19.9 Å².